The highest BCUT2D eigenvalue weighted by molar-refractivity contribution is 5.84. The largest absolute Gasteiger partial charge is 0.358 e. The minimum absolute atomic E-state index is 0.0835. The molecule has 15 heavy (non-hydrogen) atoms. The molecule has 0 aromatic rings. The topological polar surface area (TPSA) is 75.4 Å². The number of hydrogen-bond acceptors (Lipinski definition) is 3. The molecule has 0 aromatic carbocycles. The molecule has 0 aliphatic rings. The molecule has 5 heteroatoms. The first-order valence-corrected chi connectivity index (χ1v) is 5.08. The number of likely N-dealkylation sites (N-methyl/N-ethyl adjacent to an activating group) is 2. The second-order valence-corrected chi connectivity index (χ2v) is 4.03. The van der Waals surface area contributed by atoms with Crippen LogP contribution in [0, 0.1) is 5.92 Å². The lowest BCUT2D eigenvalue weighted by molar-refractivity contribution is -0.135. The molecule has 0 bridgehead atoms. The maximum Gasteiger partial charge on any atom is 0.239 e. The lowest BCUT2D eigenvalue weighted by Gasteiger charge is -2.20. The van der Waals surface area contributed by atoms with Crippen LogP contribution in [0.5, 0.6) is 0 Å². The van der Waals surface area contributed by atoms with Crippen LogP contribution in [0.4, 0.5) is 0 Å². The maximum atomic E-state index is 11.6. The summed E-state index contributed by atoms with van der Waals surface area (Å²) in [5, 5.41) is 2.46. The fourth-order valence-corrected chi connectivity index (χ4v) is 0.976. The Kier molecular flexibility index (Phi) is 5.93. The molecule has 0 heterocycles. The normalized spacial score (nSPS) is 12.4. The minimum atomic E-state index is -0.177. The minimum Gasteiger partial charge on any atom is -0.358 e. The third-order valence-electron chi connectivity index (χ3n) is 2.35. The van der Waals surface area contributed by atoms with E-state index in [0.717, 1.165) is 0 Å². The van der Waals surface area contributed by atoms with Crippen LogP contribution in [-0.4, -0.2) is 43.4 Å². The molecular weight excluding hydrogens is 194 g/mol. The van der Waals surface area contributed by atoms with Gasteiger partial charge in [0.2, 0.25) is 11.8 Å². The highest BCUT2D eigenvalue weighted by Crippen LogP contribution is 2.04. The van der Waals surface area contributed by atoms with Gasteiger partial charge in [-0.25, -0.2) is 0 Å². The summed E-state index contributed by atoms with van der Waals surface area (Å²) in [6, 6.07) is -0.148. The summed E-state index contributed by atoms with van der Waals surface area (Å²) in [6.07, 6.45) is 0.283. The van der Waals surface area contributed by atoms with Crippen LogP contribution in [0.1, 0.15) is 20.3 Å². The molecule has 3 N–H and O–H groups in total. The summed E-state index contributed by atoms with van der Waals surface area (Å²) >= 11 is 0. The quantitative estimate of drug-likeness (QED) is 0.653. The van der Waals surface area contributed by atoms with E-state index in [4.69, 9.17) is 5.73 Å². The summed E-state index contributed by atoms with van der Waals surface area (Å²) in [4.78, 5) is 24.0. The molecule has 1 atom stereocenters. The van der Waals surface area contributed by atoms with Crippen molar-refractivity contribution in [3.63, 3.8) is 0 Å². The predicted octanol–water partition coefficient (Wildman–Crippen LogP) is -0.436. The molecule has 0 fully saturated rings. The second-order valence-electron chi connectivity index (χ2n) is 4.03. The average Bonchev–Trinajstić information content (AvgIpc) is 2.16. The number of nitrogens with zero attached hydrogens (tertiary/aromatic N) is 1. The lowest BCUT2D eigenvalue weighted by atomic mass is 10.0. The van der Waals surface area contributed by atoms with Crippen molar-refractivity contribution in [1.82, 2.24) is 10.2 Å². The molecule has 0 rings (SSSR count). The van der Waals surface area contributed by atoms with Crippen molar-refractivity contribution in [2.45, 2.75) is 26.3 Å². The average molecular weight is 215 g/mol. The molecule has 0 radical (unpaired) electrons. The van der Waals surface area contributed by atoms with E-state index >= 15 is 0 Å². The van der Waals surface area contributed by atoms with E-state index in [0.29, 0.717) is 0 Å². The Labute approximate surface area is 91.0 Å². The second kappa shape index (κ2) is 6.40. The molecule has 1 unspecified atom stereocenters. The van der Waals surface area contributed by atoms with Gasteiger partial charge in [0.1, 0.15) is 0 Å². The summed E-state index contributed by atoms with van der Waals surface area (Å²) < 4.78 is 0. The molecule has 0 aromatic heterocycles. The first-order chi connectivity index (χ1) is 6.88. The zero-order valence-electron chi connectivity index (χ0n) is 9.91. The van der Waals surface area contributed by atoms with Crippen molar-refractivity contribution in [2.75, 3.05) is 20.6 Å². The van der Waals surface area contributed by atoms with E-state index in [2.05, 4.69) is 5.32 Å². The Morgan fingerprint density at radius 1 is 1.40 bits per heavy atom. The number of nitrogens with one attached hydrogen (secondary N) is 1. The zero-order valence-corrected chi connectivity index (χ0v) is 9.91. The Balaban J connectivity index is 4.04. The van der Waals surface area contributed by atoms with Gasteiger partial charge in [-0.05, 0) is 5.92 Å². The Bertz CT molecular complexity index is 229. The summed E-state index contributed by atoms with van der Waals surface area (Å²) in [5.41, 5.74) is 5.77. The molecule has 0 aliphatic heterocycles. The van der Waals surface area contributed by atoms with Crippen molar-refractivity contribution in [1.29, 1.82) is 0 Å². The van der Waals surface area contributed by atoms with Gasteiger partial charge in [0.15, 0.2) is 0 Å². The van der Waals surface area contributed by atoms with Gasteiger partial charge in [0, 0.05) is 26.6 Å². The van der Waals surface area contributed by atoms with Crippen molar-refractivity contribution in [3.05, 3.63) is 0 Å². The van der Waals surface area contributed by atoms with Crippen LogP contribution in [0.3, 0.4) is 0 Å². The van der Waals surface area contributed by atoms with E-state index < -0.39 is 0 Å². The van der Waals surface area contributed by atoms with Crippen LogP contribution in [0.15, 0.2) is 0 Å². The number of carbonyl (C=O) groups excluding carboxylic acids is 2. The van der Waals surface area contributed by atoms with E-state index in [-0.39, 0.29) is 36.7 Å². The van der Waals surface area contributed by atoms with E-state index in [1.165, 1.54) is 4.90 Å². The number of nitrogens with two attached hydrogens (primary N) is 1. The Hall–Kier alpha value is -1.10. The van der Waals surface area contributed by atoms with E-state index in [1.54, 1.807) is 14.1 Å². The predicted molar refractivity (Wildman–Crippen MR) is 59.1 cm³/mol. The molecule has 88 valence electrons. The van der Waals surface area contributed by atoms with Gasteiger partial charge in [-0.1, -0.05) is 13.8 Å². The Morgan fingerprint density at radius 2 is 1.93 bits per heavy atom. The number of carbonyl (C=O) groups is 2. The molecule has 0 aliphatic carbocycles. The SMILES string of the molecule is CNC(=O)CN(C)C(=O)CC(N)C(C)C. The van der Waals surface area contributed by atoms with Gasteiger partial charge in [-0.3, -0.25) is 9.59 Å². The highest BCUT2D eigenvalue weighted by Gasteiger charge is 2.17. The molecular formula is C10H21N3O2. The van der Waals surface area contributed by atoms with Crippen molar-refractivity contribution >= 4 is 11.8 Å². The molecule has 2 amide bonds. The van der Waals surface area contributed by atoms with E-state index in [1.807, 2.05) is 13.8 Å². The Morgan fingerprint density at radius 3 is 2.33 bits per heavy atom. The highest BCUT2D eigenvalue weighted by atomic mass is 16.2. The smallest absolute Gasteiger partial charge is 0.239 e. The number of amides is 2. The van der Waals surface area contributed by atoms with Crippen LogP contribution in [0.25, 0.3) is 0 Å². The number of rotatable bonds is 5. The van der Waals surface area contributed by atoms with Crippen LogP contribution in [-0.2, 0) is 9.59 Å². The van der Waals surface area contributed by atoms with Gasteiger partial charge in [0.05, 0.1) is 6.54 Å². The monoisotopic (exact) mass is 215 g/mol. The van der Waals surface area contributed by atoms with Gasteiger partial charge >= 0.3 is 0 Å². The summed E-state index contributed by atoms with van der Waals surface area (Å²) in [5.74, 6) is -0.00822. The summed E-state index contributed by atoms with van der Waals surface area (Å²) in [7, 11) is 3.14. The third kappa shape index (κ3) is 5.37. The van der Waals surface area contributed by atoms with E-state index in [9.17, 15) is 9.59 Å². The van der Waals surface area contributed by atoms with Gasteiger partial charge < -0.3 is 16.0 Å². The van der Waals surface area contributed by atoms with Gasteiger partial charge in [-0.15, -0.1) is 0 Å². The lowest BCUT2D eigenvalue weighted by Crippen LogP contribution is -2.40. The first kappa shape index (κ1) is 13.9. The van der Waals surface area contributed by atoms with Crippen LogP contribution in [0.2, 0.25) is 0 Å². The van der Waals surface area contributed by atoms with Crippen LogP contribution < -0.4 is 11.1 Å². The van der Waals surface area contributed by atoms with Gasteiger partial charge in [0.25, 0.3) is 0 Å². The first-order valence-electron chi connectivity index (χ1n) is 5.08. The zero-order chi connectivity index (χ0) is 12.0. The van der Waals surface area contributed by atoms with Gasteiger partial charge in [-0.2, -0.15) is 0 Å². The van der Waals surface area contributed by atoms with Crippen LogP contribution >= 0.6 is 0 Å². The molecule has 5 nitrogen and oxygen atoms in total. The third-order valence-corrected chi connectivity index (χ3v) is 2.35. The molecule has 0 saturated heterocycles. The summed E-state index contributed by atoms with van der Waals surface area (Å²) in [6.45, 7) is 4.02. The molecule has 0 saturated carbocycles. The fourth-order valence-electron chi connectivity index (χ4n) is 0.976. The van der Waals surface area contributed by atoms with Crippen molar-refractivity contribution in [3.8, 4) is 0 Å². The fraction of sp³-hybridized carbons (Fsp3) is 0.800. The maximum absolute atomic E-state index is 11.6. The standard InChI is InChI=1S/C10H21N3O2/c1-7(2)8(11)5-10(15)13(4)6-9(14)12-3/h7-8H,5-6,11H2,1-4H3,(H,12,14). The van der Waals surface area contributed by atoms with Crippen molar-refractivity contribution < 1.29 is 9.59 Å². The number of hydrogen-bond donors (Lipinski definition) is 2. The van der Waals surface area contributed by atoms with Crippen molar-refractivity contribution in [2.24, 2.45) is 11.7 Å². The molecule has 0 spiro atoms.